The highest BCUT2D eigenvalue weighted by molar-refractivity contribution is 4.90. The predicted octanol–water partition coefficient (Wildman–Crippen LogP) is -4.61. The van der Waals surface area contributed by atoms with Gasteiger partial charge >= 0.3 is 0 Å². The van der Waals surface area contributed by atoms with E-state index >= 15 is 0 Å². The minimum Gasteiger partial charge on any atom is -0.394 e. The molecule has 0 aromatic rings. The zero-order valence-corrected chi connectivity index (χ0v) is 10.4. The molecule has 2 aliphatic heterocycles. The Morgan fingerprint density at radius 2 is 1.50 bits per heavy atom. The van der Waals surface area contributed by atoms with Gasteiger partial charge in [0.2, 0.25) is 0 Å². The third kappa shape index (κ3) is 2.94. The second kappa shape index (κ2) is 6.58. The molecule has 7 N–H and O–H groups in total. The summed E-state index contributed by atoms with van der Waals surface area (Å²) in [6, 6.07) is 0. The third-order valence-electron chi connectivity index (χ3n) is 3.34. The molecular weight excluding hydrogens is 278 g/mol. The zero-order chi connectivity index (χ0) is 14.9. The summed E-state index contributed by atoms with van der Waals surface area (Å²) in [5, 5.41) is 56.6. The molecule has 0 unspecified atom stereocenters. The third-order valence-corrected chi connectivity index (χ3v) is 3.34. The van der Waals surface area contributed by atoms with Crippen molar-refractivity contribution in [2.75, 3.05) is 13.2 Å². The van der Waals surface area contributed by atoms with E-state index in [-0.39, 0.29) is 0 Å². The van der Waals surface area contributed by atoms with E-state index in [2.05, 4.69) is 5.48 Å². The smallest absolute Gasteiger partial charge is 0.188 e. The van der Waals surface area contributed by atoms with Crippen LogP contribution in [0.4, 0.5) is 0 Å². The molecule has 2 rings (SSSR count). The molecule has 20 heavy (non-hydrogen) atoms. The Labute approximate surface area is 114 Å². The van der Waals surface area contributed by atoms with Crippen molar-refractivity contribution in [1.82, 2.24) is 5.48 Å². The zero-order valence-electron chi connectivity index (χ0n) is 10.4. The topological polar surface area (TPSA) is 161 Å². The van der Waals surface area contributed by atoms with Gasteiger partial charge < -0.3 is 40.1 Å². The molecule has 2 heterocycles. The molecule has 0 radical (unpaired) electrons. The first kappa shape index (κ1) is 16.0. The van der Waals surface area contributed by atoms with Crippen molar-refractivity contribution >= 4 is 0 Å². The van der Waals surface area contributed by atoms with Gasteiger partial charge in [-0.05, 0) is 0 Å². The lowest BCUT2D eigenvalue weighted by atomic mass is 9.99. The predicted molar refractivity (Wildman–Crippen MR) is 59.7 cm³/mol. The lowest BCUT2D eigenvalue weighted by Crippen LogP contribution is -2.60. The number of nitrogens with one attached hydrogen (secondary N) is 1. The van der Waals surface area contributed by atoms with E-state index < -0.39 is 62.4 Å². The van der Waals surface area contributed by atoms with Gasteiger partial charge in [-0.15, -0.1) is 0 Å². The lowest BCUT2D eigenvalue weighted by molar-refractivity contribution is -0.319. The Morgan fingerprint density at radius 1 is 0.850 bits per heavy atom. The van der Waals surface area contributed by atoms with Gasteiger partial charge in [-0.25, -0.2) is 0 Å². The monoisotopic (exact) mass is 297 g/mol. The number of hydroxylamine groups is 1. The van der Waals surface area contributed by atoms with Crippen LogP contribution in [0.25, 0.3) is 0 Å². The van der Waals surface area contributed by atoms with Crippen molar-refractivity contribution in [2.45, 2.75) is 49.1 Å². The van der Waals surface area contributed by atoms with Crippen LogP contribution in [-0.4, -0.2) is 93.0 Å². The second-order valence-corrected chi connectivity index (χ2v) is 4.70. The maximum Gasteiger partial charge on any atom is 0.188 e. The molecular formula is C10H19NO9. The summed E-state index contributed by atoms with van der Waals surface area (Å²) < 4.78 is 10.3. The van der Waals surface area contributed by atoms with E-state index in [1.165, 1.54) is 0 Å². The Bertz CT molecular complexity index is 317. The van der Waals surface area contributed by atoms with Crippen LogP contribution in [0.3, 0.4) is 0 Å². The average molecular weight is 297 g/mol. The maximum atomic E-state index is 9.75. The van der Waals surface area contributed by atoms with Crippen LogP contribution in [0.2, 0.25) is 0 Å². The van der Waals surface area contributed by atoms with Crippen molar-refractivity contribution in [3.63, 3.8) is 0 Å². The molecule has 2 fully saturated rings. The summed E-state index contributed by atoms with van der Waals surface area (Å²) in [4.78, 5) is 4.83. The largest absolute Gasteiger partial charge is 0.394 e. The number of hydrogen-bond donors (Lipinski definition) is 7. The quantitative estimate of drug-likeness (QED) is 0.269. The number of rotatable bonds is 4. The summed E-state index contributed by atoms with van der Waals surface area (Å²) in [5.74, 6) is 0. The van der Waals surface area contributed by atoms with Gasteiger partial charge in [0.1, 0.15) is 36.6 Å². The van der Waals surface area contributed by atoms with E-state index in [9.17, 15) is 20.4 Å². The fourth-order valence-corrected chi connectivity index (χ4v) is 2.07. The molecule has 0 aliphatic carbocycles. The minimum atomic E-state index is -1.57. The standard InChI is InChI=1S/C10H19NO9/c12-1-3-5(14)7(16)8(17)10(18-3)19-9-6(15)4(2-13)20-11-9/h3-17H,1-2H2/t3-,4-,5-,6-,7+,8-,9+,10+/m1/s1. The van der Waals surface area contributed by atoms with Gasteiger partial charge in [0.25, 0.3) is 0 Å². The summed E-state index contributed by atoms with van der Waals surface area (Å²) in [7, 11) is 0. The molecule has 2 saturated heterocycles. The van der Waals surface area contributed by atoms with E-state index in [4.69, 9.17) is 24.5 Å². The first-order chi connectivity index (χ1) is 9.49. The van der Waals surface area contributed by atoms with E-state index in [1.54, 1.807) is 0 Å². The molecule has 10 heteroatoms. The van der Waals surface area contributed by atoms with E-state index in [0.29, 0.717) is 0 Å². The number of aliphatic hydroxyl groups excluding tert-OH is 6. The Balaban J connectivity index is 1.98. The van der Waals surface area contributed by atoms with Gasteiger partial charge in [-0.1, -0.05) is 0 Å². The first-order valence-electron chi connectivity index (χ1n) is 6.15. The highest BCUT2D eigenvalue weighted by Crippen LogP contribution is 2.24. The molecule has 0 aromatic heterocycles. The van der Waals surface area contributed by atoms with Crippen LogP contribution in [0.1, 0.15) is 0 Å². The first-order valence-corrected chi connectivity index (χ1v) is 6.15. The summed E-state index contributed by atoms with van der Waals surface area (Å²) >= 11 is 0. The molecule has 0 amide bonds. The number of aliphatic hydroxyl groups is 6. The van der Waals surface area contributed by atoms with Crippen molar-refractivity contribution in [3.8, 4) is 0 Å². The number of ether oxygens (including phenoxy) is 2. The molecule has 0 aromatic carbocycles. The molecule has 10 nitrogen and oxygen atoms in total. The molecule has 0 bridgehead atoms. The van der Waals surface area contributed by atoms with Crippen LogP contribution in [0.15, 0.2) is 0 Å². The fraction of sp³-hybridized carbons (Fsp3) is 1.00. The van der Waals surface area contributed by atoms with Crippen LogP contribution in [0, 0.1) is 0 Å². The van der Waals surface area contributed by atoms with Gasteiger partial charge in [0.05, 0.1) is 13.2 Å². The number of hydrogen-bond acceptors (Lipinski definition) is 10. The average Bonchev–Trinajstić information content (AvgIpc) is 2.80. The molecule has 0 spiro atoms. The van der Waals surface area contributed by atoms with Gasteiger partial charge in [0.15, 0.2) is 12.5 Å². The molecule has 2 aliphatic rings. The Kier molecular flexibility index (Phi) is 5.25. The minimum absolute atomic E-state index is 0.442. The molecule has 0 saturated carbocycles. The Hall–Kier alpha value is -0.400. The lowest BCUT2D eigenvalue weighted by Gasteiger charge is -2.40. The fourth-order valence-electron chi connectivity index (χ4n) is 2.07. The van der Waals surface area contributed by atoms with Crippen LogP contribution >= 0.6 is 0 Å². The summed E-state index contributed by atoms with van der Waals surface area (Å²) in [5.41, 5.74) is 2.30. The van der Waals surface area contributed by atoms with Crippen molar-refractivity contribution in [2.24, 2.45) is 0 Å². The molecule has 118 valence electrons. The van der Waals surface area contributed by atoms with E-state index in [1.807, 2.05) is 0 Å². The highest BCUT2D eigenvalue weighted by atomic mass is 16.8. The Morgan fingerprint density at radius 3 is 2.05 bits per heavy atom. The molecule has 8 atom stereocenters. The maximum absolute atomic E-state index is 9.75. The van der Waals surface area contributed by atoms with Crippen LogP contribution in [-0.2, 0) is 14.3 Å². The SMILES string of the molecule is OC[C@H]1ON[C@@H](O[C@@H]2O[C@H](CO)[C@@H](O)[C@H](O)[C@H]2O)[C@@H]1O. The summed E-state index contributed by atoms with van der Waals surface area (Å²) in [6.07, 6.45) is -10.3. The summed E-state index contributed by atoms with van der Waals surface area (Å²) in [6.45, 7) is -1.02. The van der Waals surface area contributed by atoms with Gasteiger partial charge in [0, 0.05) is 0 Å². The van der Waals surface area contributed by atoms with Crippen LogP contribution in [0.5, 0.6) is 0 Å². The second-order valence-electron chi connectivity index (χ2n) is 4.70. The van der Waals surface area contributed by atoms with Gasteiger partial charge in [-0.2, -0.15) is 5.48 Å². The van der Waals surface area contributed by atoms with Gasteiger partial charge in [-0.3, -0.25) is 4.84 Å². The van der Waals surface area contributed by atoms with Crippen molar-refractivity contribution in [3.05, 3.63) is 0 Å². The van der Waals surface area contributed by atoms with Crippen molar-refractivity contribution in [1.29, 1.82) is 0 Å². The highest BCUT2D eigenvalue weighted by Gasteiger charge is 2.47. The van der Waals surface area contributed by atoms with Crippen LogP contribution < -0.4 is 5.48 Å². The van der Waals surface area contributed by atoms with Crippen molar-refractivity contribution < 1.29 is 45.0 Å². The van der Waals surface area contributed by atoms with E-state index in [0.717, 1.165) is 0 Å². The normalized spacial score (nSPS) is 49.5.